The number of ether oxygens (including phenoxy) is 2. The molecule has 0 unspecified atom stereocenters. The number of rotatable bonds is 6. The number of amides is 2. The van der Waals surface area contributed by atoms with Gasteiger partial charge in [-0.15, -0.1) is 0 Å². The van der Waals surface area contributed by atoms with Gasteiger partial charge in [-0.3, -0.25) is 9.59 Å². The number of likely N-dealkylation sites (tertiary alicyclic amines) is 1. The maximum Gasteiger partial charge on any atom is 0.257 e. The van der Waals surface area contributed by atoms with E-state index in [1.165, 1.54) is 12.5 Å². The number of para-hydroxylation sites is 2. The Hall–Kier alpha value is -3.74. The van der Waals surface area contributed by atoms with E-state index in [9.17, 15) is 9.59 Å². The highest BCUT2D eigenvalue weighted by molar-refractivity contribution is 5.95. The first-order chi connectivity index (χ1) is 15.1. The normalized spacial score (nSPS) is 14.2. The van der Waals surface area contributed by atoms with Crippen LogP contribution in [-0.4, -0.2) is 36.9 Å². The minimum atomic E-state index is -0.127. The van der Waals surface area contributed by atoms with Crippen molar-refractivity contribution in [2.75, 3.05) is 25.5 Å². The first kappa shape index (κ1) is 20.5. The summed E-state index contributed by atoms with van der Waals surface area (Å²) in [5.41, 5.74) is 1.24. The molecule has 7 heteroatoms. The number of anilines is 1. The van der Waals surface area contributed by atoms with E-state index in [2.05, 4.69) is 5.32 Å². The molecule has 1 aromatic heterocycles. The lowest BCUT2D eigenvalue weighted by Crippen LogP contribution is -2.41. The molecule has 0 aliphatic carbocycles. The Morgan fingerprint density at radius 2 is 1.71 bits per heavy atom. The maximum absolute atomic E-state index is 12.7. The smallest absolute Gasteiger partial charge is 0.257 e. The molecule has 1 aliphatic heterocycles. The van der Waals surface area contributed by atoms with Crippen LogP contribution in [0.5, 0.6) is 17.2 Å². The van der Waals surface area contributed by atoms with Crippen molar-refractivity contribution in [3.05, 3.63) is 72.7 Å². The summed E-state index contributed by atoms with van der Waals surface area (Å²) in [6, 6.07) is 16.3. The Morgan fingerprint density at radius 3 is 2.35 bits per heavy atom. The van der Waals surface area contributed by atoms with Gasteiger partial charge in [-0.2, -0.15) is 0 Å². The lowest BCUT2D eigenvalue weighted by molar-refractivity contribution is -0.121. The molecule has 0 spiro atoms. The number of piperidine rings is 1. The molecule has 31 heavy (non-hydrogen) atoms. The molecule has 160 valence electrons. The Balaban J connectivity index is 1.29. The topological polar surface area (TPSA) is 81.0 Å². The quantitative estimate of drug-likeness (QED) is 0.632. The summed E-state index contributed by atoms with van der Waals surface area (Å²) in [6.45, 7) is 1.10. The fourth-order valence-corrected chi connectivity index (χ4v) is 3.59. The van der Waals surface area contributed by atoms with Crippen LogP contribution in [0.25, 0.3) is 0 Å². The molecule has 0 saturated carbocycles. The standard InChI is InChI=1S/C24H24N2O5/c1-29-21-4-2-3-5-22(21)31-20-8-6-19(7-9-20)25-23(27)17-10-13-26(14-11-17)24(28)18-12-15-30-16-18/h2-9,12,15-17H,10-11,13-14H2,1H3,(H,25,27). The average Bonchev–Trinajstić information content (AvgIpc) is 3.35. The van der Waals surface area contributed by atoms with Gasteiger partial charge in [0.1, 0.15) is 12.0 Å². The number of hydrogen-bond donors (Lipinski definition) is 1. The molecule has 7 nitrogen and oxygen atoms in total. The van der Waals surface area contributed by atoms with E-state index in [4.69, 9.17) is 13.9 Å². The summed E-state index contributed by atoms with van der Waals surface area (Å²) >= 11 is 0. The number of nitrogens with zero attached hydrogens (tertiary/aromatic N) is 1. The molecular weight excluding hydrogens is 396 g/mol. The number of methoxy groups -OCH3 is 1. The lowest BCUT2D eigenvalue weighted by Gasteiger charge is -2.31. The van der Waals surface area contributed by atoms with E-state index in [1.807, 2.05) is 24.3 Å². The summed E-state index contributed by atoms with van der Waals surface area (Å²) in [5.74, 6) is 1.70. The van der Waals surface area contributed by atoms with Crippen LogP contribution >= 0.6 is 0 Å². The highest BCUT2D eigenvalue weighted by Crippen LogP contribution is 2.31. The number of carbonyl (C=O) groups is 2. The van der Waals surface area contributed by atoms with Crippen LogP contribution in [0, 0.1) is 5.92 Å². The summed E-state index contributed by atoms with van der Waals surface area (Å²) in [6.07, 6.45) is 4.19. The van der Waals surface area contributed by atoms with Gasteiger partial charge in [0.05, 0.1) is 18.9 Å². The van der Waals surface area contributed by atoms with Crippen LogP contribution in [-0.2, 0) is 4.79 Å². The molecule has 0 bridgehead atoms. The first-order valence-corrected chi connectivity index (χ1v) is 10.2. The van der Waals surface area contributed by atoms with Crippen molar-refractivity contribution in [1.82, 2.24) is 4.90 Å². The van der Waals surface area contributed by atoms with Crippen molar-refractivity contribution in [1.29, 1.82) is 0 Å². The predicted molar refractivity (Wildman–Crippen MR) is 115 cm³/mol. The van der Waals surface area contributed by atoms with Gasteiger partial charge in [0.15, 0.2) is 11.5 Å². The number of benzene rings is 2. The third kappa shape index (κ3) is 4.88. The molecule has 1 fully saturated rings. The molecule has 0 radical (unpaired) electrons. The Labute approximate surface area is 180 Å². The molecular formula is C24H24N2O5. The van der Waals surface area contributed by atoms with E-state index in [1.54, 1.807) is 42.3 Å². The second-order valence-electron chi connectivity index (χ2n) is 7.35. The molecule has 2 heterocycles. The monoisotopic (exact) mass is 420 g/mol. The highest BCUT2D eigenvalue weighted by Gasteiger charge is 2.28. The maximum atomic E-state index is 12.7. The van der Waals surface area contributed by atoms with Crippen molar-refractivity contribution in [3.63, 3.8) is 0 Å². The van der Waals surface area contributed by atoms with E-state index in [-0.39, 0.29) is 17.7 Å². The first-order valence-electron chi connectivity index (χ1n) is 10.2. The zero-order valence-electron chi connectivity index (χ0n) is 17.2. The van der Waals surface area contributed by atoms with Crippen molar-refractivity contribution in [2.45, 2.75) is 12.8 Å². The number of carbonyl (C=O) groups excluding carboxylic acids is 2. The molecule has 4 rings (SSSR count). The third-order valence-corrected chi connectivity index (χ3v) is 5.34. The Bertz CT molecular complexity index is 1020. The zero-order chi connectivity index (χ0) is 21.6. The van der Waals surface area contributed by atoms with Crippen molar-refractivity contribution in [2.24, 2.45) is 5.92 Å². The van der Waals surface area contributed by atoms with Crippen LogP contribution in [0.4, 0.5) is 5.69 Å². The Morgan fingerprint density at radius 1 is 1.00 bits per heavy atom. The van der Waals surface area contributed by atoms with Gasteiger partial charge in [-0.1, -0.05) is 12.1 Å². The molecule has 2 amide bonds. The molecule has 1 N–H and O–H groups in total. The summed E-state index contributed by atoms with van der Waals surface area (Å²) < 4.78 is 16.1. The fourth-order valence-electron chi connectivity index (χ4n) is 3.59. The minimum absolute atomic E-state index is 0.0335. The second-order valence-corrected chi connectivity index (χ2v) is 7.35. The molecule has 2 aromatic carbocycles. The zero-order valence-corrected chi connectivity index (χ0v) is 17.2. The van der Waals surface area contributed by atoms with Gasteiger partial charge in [0, 0.05) is 24.7 Å². The van der Waals surface area contributed by atoms with Gasteiger partial charge in [-0.05, 0) is 55.3 Å². The third-order valence-electron chi connectivity index (χ3n) is 5.34. The number of furan rings is 1. The Kier molecular flexibility index (Phi) is 6.21. The molecule has 1 aliphatic rings. The van der Waals surface area contributed by atoms with Crippen molar-refractivity contribution >= 4 is 17.5 Å². The summed E-state index contributed by atoms with van der Waals surface area (Å²) in [5, 5.41) is 2.96. The van der Waals surface area contributed by atoms with E-state index in [0.29, 0.717) is 54.4 Å². The summed E-state index contributed by atoms with van der Waals surface area (Å²) in [7, 11) is 1.60. The van der Waals surface area contributed by atoms with Crippen LogP contribution in [0.3, 0.4) is 0 Å². The molecule has 1 saturated heterocycles. The largest absolute Gasteiger partial charge is 0.493 e. The second kappa shape index (κ2) is 9.38. The van der Waals surface area contributed by atoms with Crippen LogP contribution in [0.2, 0.25) is 0 Å². The van der Waals surface area contributed by atoms with E-state index in [0.717, 1.165) is 0 Å². The van der Waals surface area contributed by atoms with E-state index < -0.39 is 0 Å². The molecule has 0 atom stereocenters. The van der Waals surface area contributed by atoms with Crippen LogP contribution < -0.4 is 14.8 Å². The van der Waals surface area contributed by atoms with Gasteiger partial charge < -0.3 is 24.1 Å². The number of hydrogen-bond acceptors (Lipinski definition) is 5. The lowest BCUT2D eigenvalue weighted by atomic mass is 9.95. The summed E-state index contributed by atoms with van der Waals surface area (Å²) in [4.78, 5) is 26.8. The van der Waals surface area contributed by atoms with Gasteiger partial charge >= 0.3 is 0 Å². The fraction of sp³-hybridized carbons (Fsp3) is 0.250. The van der Waals surface area contributed by atoms with Crippen molar-refractivity contribution in [3.8, 4) is 17.2 Å². The average molecular weight is 420 g/mol. The number of nitrogens with one attached hydrogen (secondary N) is 1. The molecule has 3 aromatic rings. The van der Waals surface area contributed by atoms with Crippen molar-refractivity contribution < 1.29 is 23.5 Å². The van der Waals surface area contributed by atoms with E-state index >= 15 is 0 Å². The van der Waals surface area contributed by atoms with Crippen LogP contribution in [0.1, 0.15) is 23.2 Å². The van der Waals surface area contributed by atoms with Crippen LogP contribution in [0.15, 0.2) is 71.5 Å². The van der Waals surface area contributed by atoms with Gasteiger partial charge in [0.2, 0.25) is 5.91 Å². The predicted octanol–water partition coefficient (Wildman–Crippen LogP) is 4.57. The van der Waals surface area contributed by atoms with Gasteiger partial charge in [-0.25, -0.2) is 0 Å². The highest BCUT2D eigenvalue weighted by atomic mass is 16.5. The van der Waals surface area contributed by atoms with Gasteiger partial charge in [0.25, 0.3) is 5.91 Å². The minimum Gasteiger partial charge on any atom is -0.493 e. The SMILES string of the molecule is COc1ccccc1Oc1ccc(NC(=O)C2CCN(C(=O)c3ccoc3)CC2)cc1.